The first kappa shape index (κ1) is 17.4. The number of allylic oxidation sites excluding steroid dienone is 2. The van der Waals surface area contributed by atoms with Gasteiger partial charge in [0.25, 0.3) is 0 Å². The molecule has 0 atom stereocenters. The van der Waals surface area contributed by atoms with Crippen molar-refractivity contribution >= 4 is 0 Å². The smallest absolute Gasteiger partial charge is 0.0824 e. The van der Waals surface area contributed by atoms with Gasteiger partial charge in [0.1, 0.15) is 0 Å². The van der Waals surface area contributed by atoms with Crippen molar-refractivity contribution in [2.24, 2.45) is 0 Å². The average Bonchev–Trinajstić information content (AvgIpc) is 2.12. The predicted octanol–water partition coefficient (Wildman–Crippen LogP) is 2.32. The fraction of sp³-hybridized carbons (Fsp3) is 0.600. The van der Waals surface area contributed by atoms with Crippen molar-refractivity contribution in [3.63, 3.8) is 0 Å². The maximum Gasteiger partial charge on any atom is 0.0824 e. The number of hydrogen-bond donors (Lipinski definition) is 2. The SMILES string of the molecule is C=CC.CC.CC=C(CO)NC. The van der Waals surface area contributed by atoms with E-state index in [0.717, 1.165) is 5.70 Å². The van der Waals surface area contributed by atoms with Crippen LogP contribution < -0.4 is 5.32 Å². The molecule has 12 heavy (non-hydrogen) atoms. The molecule has 0 saturated heterocycles. The summed E-state index contributed by atoms with van der Waals surface area (Å²) in [4.78, 5) is 0. The van der Waals surface area contributed by atoms with Crippen LogP contribution in [0.1, 0.15) is 27.7 Å². The monoisotopic (exact) mass is 173 g/mol. The van der Waals surface area contributed by atoms with E-state index >= 15 is 0 Å². The standard InChI is InChI=1S/C5H11NO.C3H6.C2H6/c1-3-5(4-7)6-2;1-3-2;1-2/h3,6-7H,4H2,1-2H3;3H,1H2,2H3;1-2H3. The summed E-state index contributed by atoms with van der Waals surface area (Å²) in [5.74, 6) is 0. The van der Waals surface area contributed by atoms with Crippen LogP contribution in [0.2, 0.25) is 0 Å². The molecular formula is C10H23NO. The summed E-state index contributed by atoms with van der Waals surface area (Å²) in [7, 11) is 1.78. The van der Waals surface area contributed by atoms with Gasteiger partial charge in [-0.3, -0.25) is 0 Å². The molecule has 0 aromatic carbocycles. The quantitative estimate of drug-likeness (QED) is 0.628. The molecule has 0 rings (SSSR count). The Kier molecular flexibility index (Phi) is 32.5. The Morgan fingerprint density at radius 3 is 1.75 bits per heavy atom. The largest absolute Gasteiger partial charge is 0.390 e. The lowest BCUT2D eigenvalue weighted by molar-refractivity contribution is 0.323. The lowest BCUT2D eigenvalue weighted by Gasteiger charge is -1.97. The van der Waals surface area contributed by atoms with Gasteiger partial charge in [0.2, 0.25) is 0 Å². The highest BCUT2D eigenvalue weighted by atomic mass is 16.3. The van der Waals surface area contributed by atoms with Crippen LogP contribution in [0.3, 0.4) is 0 Å². The Labute approximate surface area is 77.0 Å². The molecule has 0 radical (unpaired) electrons. The molecule has 0 aliphatic rings. The fourth-order valence-electron chi connectivity index (χ4n) is 0.315. The zero-order valence-electron chi connectivity index (χ0n) is 9.02. The van der Waals surface area contributed by atoms with E-state index in [0.29, 0.717) is 0 Å². The van der Waals surface area contributed by atoms with E-state index in [-0.39, 0.29) is 6.61 Å². The molecular weight excluding hydrogens is 150 g/mol. The minimum Gasteiger partial charge on any atom is -0.390 e. The van der Waals surface area contributed by atoms with Gasteiger partial charge in [-0.05, 0) is 13.8 Å². The van der Waals surface area contributed by atoms with Crippen LogP contribution in [0.5, 0.6) is 0 Å². The average molecular weight is 173 g/mol. The molecule has 2 nitrogen and oxygen atoms in total. The van der Waals surface area contributed by atoms with E-state index in [9.17, 15) is 0 Å². The van der Waals surface area contributed by atoms with E-state index in [1.807, 2.05) is 33.8 Å². The van der Waals surface area contributed by atoms with Gasteiger partial charge in [-0.2, -0.15) is 0 Å². The molecule has 0 spiro atoms. The predicted molar refractivity (Wildman–Crippen MR) is 57.1 cm³/mol. The first-order chi connectivity index (χ1) is 5.76. The maximum atomic E-state index is 8.40. The second kappa shape index (κ2) is 22.5. The minimum absolute atomic E-state index is 0.104. The third kappa shape index (κ3) is 22.8. The van der Waals surface area contributed by atoms with Crippen molar-refractivity contribution in [3.8, 4) is 0 Å². The van der Waals surface area contributed by atoms with Gasteiger partial charge >= 0.3 is 0 Å². The Hall–Kier alpha value is -0.760. The highest BCUT2D eigenvalue weighted by Gasteiger charge is 1.81. The van der Waals surface area contributed by atoms with Crippen molar-refractivity contribution < 1.29 is 5.11 Å². The number of hydrogen-bond acceptors (Lipinski definition) is 2. The molecule has 0 heterocycles. The highest BCUT2D eigenvalue weighted by molar-refractivity contribution is 4.95. The van der Waals surface area contributed by atoms with Gasteiger partial charge in [0, 0.05) is 12.7 Å². The van der Waals surface area contributed by atoms with Gasteiger partial charge in [-0.25, -0.2) is 0 Å². The van der Waals surface area contributed by atoms with Gasteiger partial charge in [-0.15, -0.1) is 6.58 Å². The molecule has 2 N–H and O–H groups in total. The van der Waals surface area contributed by atoms with E-state index < -0.39 is 0 Å². The molecule has 0 fully saturated rings. The fourth-order valence-corrected chi connectivity index (χ4v) is 0.315. The second-order valence-electron chi connectivity index (χ2n) is 1.63. The second-order valence-corrected chi connectivity index (χ2v) is 1.63. The van der Waals surface area contributed by atoms with E-state index in [1.165, 1.54) is 0 Å². The molecule has 2 heteroatoms. The van der Waals surface area contributed by atoms with E-state index in [4.69, 9.17) is 5.11 Å². The van der Waals surface area contributed by atoms with Crippen LogP contribution in [0.15, 0.2) is 24.4 Å². The van der Waals surface area contributed by atoms with Crippen molar-refractivity contribution in [1.29, 1.82) is 0 Å². The molecule has 0 bridgehead atoms. The van der Waals surface area contributed by atoms with Gasteiger partial charge in [0.15, 0.2) is 0 Å². The Morgan fingerprint density at radius 1 is 1.42 bits per heavy atom. The number of aliphatic hydroxyl groups is 1. The summed E-state index contributed by atoms with van der Waals surface area (Å²) in [5, 5.41) is 11.2. The summed E-state index contributed by atoms with van der Waals surface area (Å²) in [6, 6.07) is 0. The molecule has 0 aromatic rings. The van der Waals surface area contributed by atoms with Crippen molar-refractivity contribution in [3.05, 3.63) is 24.4 Å². The van der Waals surface area contributed by atoms with Gasteiger partial charge in [0.05, 0.1) is 6.61 Å². The molecule has 74 valence electrons. The van der Waals surface area contributed by atoms with Crippen LogP contribution in [-0.4, -0.2) is 18.8 Å². The van der Waals surface area contributed by atoms with Gasteiger partial charge < -0.3 is 10.4 Å². The molecule has 0 amide bonds. The Balaban J connectivity index is -0.000000137. The normalized spacial score (nSPS) is 8.33. The number of nitrogens with one attached hydrogen (secondary N) is 1. The minimum atomic E-state index is 0.104. The van der Waals surface area contributed by atoms with Crippen LogP contribution in [0.25, 0.3) is 0 Å². The molecule has 0 unspecified atom stereocenters. The lowest BCUT2D eigenvalue weighted by Crippen LogP contribution is -2.08. The number of aliphatic hydroxyl groups excluding tert-OH is 1. The van der Waals surface area contributed by atoms with Crippen LogP contribution >= 0.6 is 0 Å². The van der Waals surface area contributed by atoms with Crippen molar-refractivity contribution in [2.45, 2.75) is 27.7 Å². The summed E-state index contributed by atoms with van der Waals surface area (Å²) >= 11 is 0. The number of rotatable bonds is 2. The summed E-state index contributed by atoms with van der Waals surface area (Å²) in [6.07, 6.45) is 3.58. The van der Waals surface area contributed by atoms with Gasteiger partial charge in [-0.1, -0.05) is 26.0 Å². The summed E-state index contributed by atoms with van der Waals surface area (Å²) in [6.45, 7) is 11.2. The topological polar surface area (TPSA) is 32.3 Å². The first-order valence-corrected chi connectivity index (χ1v) is 4.27. The maximum absolute atomic E-state index is 8.40. The van der Waals surface area contributed by atoms with Crippen LogP contribution in [0.4, 0.5) is 0 Å². The Bertz CT molecular complexity index is 92.0. The zero-order chi connectivity index (χ0) is 10.4. The van der Waals surface area contributed by atoms with E-state index in [2.05, 4.69) is 11.9 Å². The molecule has 0 aromatic heterocycles. The van der Waals surface area contributed by atoms with Crippen molar-refractivity contribution in [1.82, 2.24) is 5.32 Å². The zero-order valence-corrected chi connectivity index (χ0v) is 9.02. The molecule has 0 saturated carbocycles. The van der Waals surface area contributed by atoms with E-state index in [1.54, 1.807) is 13.1 Å². The third-order valence-corrected chi connectivity index (χ3v) is 0.840. The highest BCUT2D eigenvalue weighted by Crippen LogP contribution is 1.80. The lowest BCUT2D eigenvalue weighted by atomic mass is 10.4. The van der Waals surface area contributed by atoms with Crippen LogP contribution in [-0.2, 0) is 0 Å². The number of likely N-dealkylation sites (N-methyl/N-ethyl adjacent to an activating group) is 1. The van der Waals surface area contributed by atoms with Crippen LogP contribution in [0, 0.1) is 0 Å². The third-order valence-electron chi connectivity index (χ3n) is 0.840. The summed E-state index contributed by atoms with van der Waals surface area (Å²) < 4.78 is 0. The first-order valence-electron chi connectivity index (χ1n) is 4.27. The molecule has 0 aliphatic carbocycles. The Morgan fingerprint density at radius 2 is 1.75 bits per heavy atom. The summed E-state index contributed by atoms with van der Waals surface area (Å²) in [5.41, 5.74) is 0.861. The van der Waals surface area contributed by atoms with Crippen molar-refractivity contribution in [2.75, 3.05) is 13.7 Å². The molecule has 0 aliphatic heterocycles.